The lowest BCUT2D eigenvalue weighted by Crippen LogP contribution is -2.12. The Hall–Kier alpha value is -6.58. The predicted molar refractivity (Wildman–Crippen MR) is 406 cm³/mol. The Morgan fingerprint density at radius 2 is 0.562 bits per heavy atom. The average Bonchev–Trinajstić information content (AvgIpc) is 1.55. The van der Waals surface area contributed by atoms with Crippen LogP contribution in [0, 0.1) is 0 Å². The summed E-state index contributed by atoms with van der Waals surface area (Å²) in [6.07, 6.45) is 25.9. The first-order valence-corrected chi connectivity index (χ1v) is 37.8. The van der Waals surface area contributed by atoms with E-state index >= 15 is 0 Å². The zero-order valence-electron chi connectivity index (χ0n) is 57.6. The van der Waals surface area contributed by atoms with E-state index in [1.54, 1.807) is 14.2 Å². The van der Waals surface area contributed by atoms with Crippen molar-refractivity contribution < 1.29 is 47.4 Å². The van der Waals surface area contributed by atoms with Crippen LogP contribution in [-0.4, -0.2) is 107 Å². The van der Waals surface area contributed by atoms with Crippen molar-refractivity contribution in [2.75, 3.05) is 107 Å². The fraction of sp³-hybridized carbons (Fsp3) is 0.452. The van der Waals surface area contributed by atoms with E-state index < -0.39 is 0 Å². The molecule has 0 aliphatic carbocycles. The fourth-order valence-corrected chi connectivity index (χ4v) is 16.0. The Bertz CT molecular complexity index is 3910. The highest BCUT2D eigenvalue weighted by molar-refractivity contribution is 7.29. The molecular formula is C84H102O10S2. The van der Waals surface area contributed by atoms with Gasteiger partial charge in [-0.1, -0.05) is 190 Å². The van der Waals surface area contributed by atoms with Gasteiger partial charge in [-0.05, 0) is 140 Å². The zero-order chi connectivity index (χ0) is 65.9. The number of hydrogen-bond donors (Lipinski definition) is 0. The Morgan fingerprint density at radius 3 is 0.948 bits per heavy atom. The monoisotopic (exact) mass is 1330 g/mol. The van der Waals surface area contributed by atoms with Crippen molar-refractivity contribution in [2.24, 2.45) is 0 Å². The number of benzene rings is 9. The Morgan fingerprint density at radius 1 is 0.240 bits per heavy atom. The standard InChI is InChI=1S/C84H102O10S2/c1-5-7-9-11-13-15-17-19-21-23-41-91-67-35-39-69-73-55-63(61-25-31-65(32-26-61)93-53-51-89-49-47-87-45-43-85-3)29-37-71(73)81-77-59-78-80(60-79(77)95-83(81)75(69)57-67)96-84-76-58-68(92-42-24-22-20-18-16-14-12-10-8-6-2)36-40-70(76)74-56-64(30-38-72(74)82(78)84)62-27-33-66(34-28-62)94-54-52-90-50-48-88-46-44-86-4/h25-40,55-60H,5-24,41-54H2,1-4H3. The second kappa shape index (κ2) is 38.0. The summed E-state index contributed by atoms with van der Waals surface area (Å²) < 4.78 is 63.4. The maximum Gasteiger partial charge on any atom is 0.119 e. The van der Waals surface area contributed by atoms with Gasteiger partial charge in [0, 0.05) is 65.3 Å². The summed E-state index contributed by atoms with van der Waals surface area (Å²) >= 11 is 3.83. The van der Waals surface area contributed by atoms with E-state index in [9.17, 15) is 0 Å². The van der Waals surface area contributed by atoms with Crippen molar-refractivity contribution in [3.63, 3.8) is 0 Å². The topological polar surface area (TPSA) is 92.3 Å². The highest BCUT2D eigenvalue weighted by Gasteiger charge is 2.21. The van der Waals surface area contributed by atoms with Gasteiger partial charge in [-0.25, -0.2) is 0 Å². The lowest BCUT2D eigenvalue weighted by atomic mass is 9.92. The van der Waals surface area contributed by atoms with Crippen LogP contribution in [0.3, 0.4) is 0 Å². The van der Waals surface area contributed by atoms with Crippen LogP contribution in [0.25, 0.3) is 106 Å². The third kappa shape index (κ3) is 19.0. The normalized spacial score (nSPS) is 12.0. The molecule has 2 heterocycles. The summed E-state index contributed by atoms with van der Waals surface area (Å²) in [5.41, 5.74) is 4.58. The molecular weight excluding hydrogens is 1230 g/mol. The first-order chi connectivity index (χ1) is 47.5. The summed E-state index contributed by atoms with van der Waals surface area (Å²) in [5.74, 6) is 3.50. The van der Waals surface area contributed by atoms with Crippen LogP contribution in [0.5, 0.6) is 23.0 Å². The SMILES string of the molecule is CCCCCCCCCCCCOc1ccc2c3cc(-c4ccc(OCCOCCOCCOC)cc4)ccc3c3c4cc5c(cc4sc3c2c1)sc1c2cc(OCCCCCCCCCCCC)ccc2c2cc(-c3ccc(OCCOCCOCCOC)cc3)ccc2c51. The van der Waals surface area contributed by atoms with Gasteiger partial charge in [0.25, 0.3) is 0 Å². The third-order valence-corrected chi connectivity index (χ3v) is 21.0. The first kappa shape index (κ1) is 70.7. The van der Waals surface area contributed by atoms with Crippen molar-refractivity contribution in [3.05, 3.63) is 133 Å². The van der Waals surface area contributed by atoms with E-state index in [-0.39, 0.29) is 0 Å². The van der Waals surface area contributed by atoms with Gasteiger partial charge in [-0.15, -0.1) is 22.7 Å². The molecule has 12 heteroatoms. The minimum Gasteiger partial charge on any atom is -0.494 e. The molecule has 11 rings (SSSR count). The van der Waals surface area contributed by atoms with Crippen LogP contribution in [0.2, 0.25) is 0 Å². The third-order valence-electron chi connectivity index (χ3n) is 18.6. The summed E-state index contributed by atoms with van der Waals surface area (Å²) in [6, 6.07) is 49.7. The molecule has 0 spiro atoms. The molecule has 0 bridgehead atoms. The van der Waals surface area contributed by atoms with Crippen LogP contribution in [-0.2, 0) is 28.4 Å². The van der Waals surface area contributed by atoms with Crippen molar-refractivity contribution >= 4 is 106 Å². The van der Waals surface area contributed by atoms with Crippen LogP contribution >= 0.6 is 22.7 Å². The zero-order valence-corrected chi connectivity index (χ0v) is 59.3. The minimum atomic E-state index is 0.462. The van der Waals surface area contributed by atoms with E-state index in [0.717, 1.165) is 71.3 Å². The second-order valence-corrected chi connectivity index (χ2v) is 27.7. The number of ether oxygens (including phenoxy) is 10. The molecule has 0 aliphatic rings. The first-order valence-electron chi connectivity index (χ1n) is 36.2. The molecule has 510 valence electrons. The molecule has 0 fully saturated rings. The van der Waals surface area contributed by atoms with Crippen molar-refractivity contribution in [1.82, 2.24) is 0 Å². The molecule has 11 aromatic rings. The molecule has 10 nitrogen and oxygen atoms in total. The number of methoxy groups -OCH3 is 2. The maximum atomic E-state index is 6.66. The molecule has 2 aromatic heterocycles. The van der Waals surface area contributed by atoms with Gasteiger partial charge in [0.1, 0.15) is 36.2 Å². The van der Waals surface area contributed by atoms with Crippen molar-refractivity contribution in [3.8, 4) is 45.3 Å². The van der Waals surface area contributed by atoms with E-state index in [0.29, 0.717) is 79.3 Å². The largest absolute Gasteiger partial charge is 0.494 e. The van der Waals surface area contributed by atoms with Crippen molar-refractivity contribution in [1.29, 1.82) is 0 Å². The van der Waals surface area contributed by atoms with Gasteiger partial charge in [-0.3, -0.25) is 0 Å². The van der Waals surface area contributed by atoms with E-state index in [4.69, 9.17) is 47.4 Å². The molecule has 0 N–H and O–H groups in total. The number of thiophene rings is 2. The van der Waals surface area contributed by atoms with E-state index in [1.807, 2.05) is 22.7 Å². The molecule has 0 atom stereocenters. The lowest BCUT2D eigenvalue weighted by molar-refractivity contribution is 0.0180. The minimum absolute atomic E-state index is 0.462. The van der Waals surface area contributed by atoms with Crippen LogP contribution in [0.4, 0.5) is 0 Å². The number of fused-ring (bicyclic) bond motifs is 16. The molecule has 0 unspecified atom stereocenters. The number of unbranched alkanes of at least 4 members (excludes halogenated alkanes) is 18. The molecule has 9 aromatic carbocycles. The maximum absolute atomic E-state index is 6.66. The predicted octanol–water partition coefficient (Wildman–Crippen LogP) is 23.1. The smallest absolute Gasteiger partial charge is 0.119 e. The summed E-state index contributed by atoms with van der Waals surface area (Å²) in [4.78, 5) is 0. The van der Waals surface area contributed by atoms with Gasteiger partial charge < -0.3 is 47.4 Å². The number of hydrogen-bond acceptors (Lipinski definition) is 12. The van der Waals surface area contributed by atoms with Gasteiger partial charge >= 0.3 is 0 Å². The highest BCUT2D eigenvalue weighted by atomic mass is 32.1. The molecule has 0 radical (unpaired) electrons. The van der Waals surface area contributed by atoms with Crippen LogP contribution in [0.1, 0.15) is 142 Å². The Kier molecular flexibility index (Phi) is 28.0. The molecule has 0 saturated carbocycles. The fourth-order valence-electron chi connectivity index (χ4n) is 13.4. The average molecular weight is 1340 g/mol. The van der Waals surface area contributed by atoms with Crippen LogP contribution < -0.4 is 18.9 Å². The van der Waals surface area contributed by atoms with Crippen molar-refractivity contribution in [2.45, 2.75) is 142 Å². The molecule has 0 amide bonds. The quantitative estimate of drug-likeness (QED) is 0.0271. The number of rotatable bonds is 46. The highest BCUT2D eigenvalue weighted by Crippen LogP contribution is 2.51. The summed E-state index contributed by atoms with van der Waals surface area (Å²) in [5, 5.41) is 15.0. The molecule has 0 saturated heterocycles. The Labute approximate surface area is 577 Å². The van der Waals surface area contributed by atoms with Gasteiger partial charge in [0.05, 0.1) is 79.3 Å². The van der Waals surface area contributed by atoms with E-state index in [1.165, 1.54) is 199 Å². The van der Waals surface area contributed by atoms with E-state index in [2.05, 4.69) is 147 Å². The lowest BCUT2D eigenvalue weighted by Gasteiger charge is -2.13. The Balaban J connectivity index is 0.921. The summed E-state index contributed by atoms with van der Waals surface area (Å²) in [6.45, 7) is 12.3. The van der Waals surface area contributed by atoms with Crippen LogP contribution in [0.15, 0.2) is 133 Å². The second-order valence-electron chi connectivity index (χ2n) is 25.6. The molecule has 0 aliphatic heterocycles. The van der Waals surface area contributed by atoms with Gasteiger partial charge in [0.15, 0.2) is 0 Å². The molecule has 96 heavy (non-hydrogen) atoms. The van der Waals surface area contributed by atoms with Gasteiger partial charge in [-0.2, -0.15) is 0 Å². The van der Waals surface area contributed by atoms with Gasteiger partial charge in [0.2, 0.25) is 0 Å². The summed E-state index contributed by atoms with van der Waals surface area (Å²) in [7, 11) is 3.35.